The molecule has 24 heavy (non-hydrogen) atoms. The van der Waals surface area contributed by atoms with Gasteiger partial charge in [-0.2, -0.15) is 0 Å². The summed E-state index contributed by atoms with van der Waals surface area (Å²) < 4.78 is 32.0. The van der Waals surface area contributed by atoms with E-state index in [0.29, 0.717) is 6.42 Å². The summed E-state index contributed by atoms with van der Waals surface area (Å²) in [6.07, 6.45) is 8.07. The summed E-state index contributed by atoms with van der Waals surface area (Å²) in [6.45, 7) is 7.57. The zero-order valence-corrected chi connectivity index (χ0v) is 15.1. The van der Waals surface area contributed by atoms with Gasteiger partial charge in [0.2, 0.25) is 13.6 Å². The molecule has 0 saturated heterocycles. The Bertz CT molecular complexity index is 418. The highest BCUT2D eigenvalue weighted by Gasteiger charge is 2.25. The lowest BCUT2D eigenvalue weighted by molar-refractivity contribution is -0.146. The van der Waals surface area contributed by atoms with Gasteiger partial charge in [-0.1, -0.05) is 52.2 Å². The second-order valence-corrected chi connectivity index (χ2v) is 7.12. The van der Waals surface area contributed by atoms with Gasteiger partial charge in [-0.3, -0.25) is 13.6 Å². The van der Waals surface area contributed by atoms with Crippen LogP contribution in [0.4, 0.5) is 0 Å². The van der Waals surface area contributed by atoms with Crippen LogP contribution in [0.2, 0.25) is 0 Å². The van der Waals surface area contributed by atoms with E-state index in [-0.39, 0.29) is 6.16 Å². The van der Waals surface area contributed by atoms with Gasteiger partial charge in [0.25, 0.3) is 0 Å². The maximum Gasteiger partial charge on any atom is 0.336 e. The molecule has 0 unspecified atom stereocenters. The molecule has 0 atom stereocenters. The number of ether oxygens (including phenoxy) is 2. The van der Waals surface area contributed by atoms with E-state index in [0.717, 1.165) is 37.8 Å². The lowest BCUT2D eigenvalue weighted by Crippen LogP contribution is -2.10. The highest BCUT2D eigenvalue weighted by atomic mass is 31.2. The zero-order chi connectivity index (χ0) is 18.3. The molecule has 0 radical (unpaired) electrons. The van der Waals surface area contributed by atoms with Gasteiger partial charge in [0.1, 0.15) is 0 Å². The summed E-state index contributed by atoms with van der Waals surface area (Å²) in [5.74, 6) is -1.39. The smallest absolute Gasteiger partial charge is 0.336 e. The summed E-state index contributed by atoms with van der Waals surface area (Å²) in [5, 5.41) is 0. The topological polar surface area (TPSA) is 88.1 Å². The van der Waals surface area contributed by atoms with Gasteiger partial charge in [0.15, 0.2) is 0 Å². The molecule has 0 aliphatic heterocycles. The van der Waals surface area contributed by atoms with Crippen molar-refractivity contribution in [3.63, 3.8) is 0 Å². The minimum Gasteiger partial charge on any atom is -0.435 e. The first kappa shape index (κ1) is 22.6. The standard InChI is InChI=1S/C16H27O7P/c1-4-7-8-9-10-11-12-24(19,22-13-20-15(17)5-2)23-14-21-16(18)6-3/h5-6H,2-4,7-14H2,1H3. The molecule has 7 nitrogen and oxygen atoms in total. The van der Waals surface area contributed by atoms with E-state index in [4.69, 9.17) is 9.05 Å². The lowest BCUT2D eigenvalue weighted by atomic mass is 10.1. The molecule has 0 fully saturated rings. The van der Waals surface area contributed by atoms with Crippen molar-refractivity contribution in [1.82, 2.24) is 0 Å². The summed E-state index contributed by atoms with van der Waals surface area (Å²) in [4.78, 5) is 21.9. The van der Waals surface area contributed by atoms with Crippen LogP contribution in [-0.4, -0.2) is 31.7 Å². The maximum atomic E-state index is 12.6. The van der Waals surface area contributed by atoms with E-state index in [1.807, 2.05) is 0 Å². The number of hydrogen-bond donors (Lipinski definition) is 0. The van der Waals surface area contributed by atoms with E-state index in [1.54, 1.807) is 0 Å². The van der Waals surface area contributed by atoms with Crippen LogP contribution >= 0.6 is 7.60 Å². The molecule has 0 saturated carbocycles. The predicted octanol–water partition coefficient (Wildman–Crippen LogP) is 3.95. The number of hydrogen-bond acceptors (Lipinski definition) is 7. The van der Waals surface area contributed by atoms with Crippen LogP contribution in [-0.2, 0) is 32.7 Å². The zero-order valence-electron chi connectivity index (χ0n) is 14.2. The Morgan fingerprint density at radius 3 is 1.79 bits per heavy atom. The fourth-order valence-corrected chi connectivity index (χ4v) is 3.07. The highest BCUT2D eigenvalue weighted by molar-refractivity contribution is 7.53. The molecule has 0 amide bonds. The molecule has 0 N–H and O–H groups in total. The number of esters is 2. The van der Waals surface area contributed by atoms with Gasteiger partial charge in [0, 0.05) is 12.2 Å². The first-order chi connectivity index (χ1) is 11.5. The fraction of sp³-hybridized carbons (Fsp3) is 0.625. The molecule has 0 heterocycles. The van der Waals surface area contributed by atoms with Gasteiger partial charge >= 0.3 is 19.5 Å². The third-order valence-electron chi connectivity index (χ3n) is 3.02. The molecule has 0 aliphatic carbocycles. The normalized spacial score (nSPS) is 10.9. The van der Waals surface area contributed by atoms with E-state index in [2.05, 4.69) is 29.6 Å². The second kappa shape index (κ2) is 14.0. The highest BCUT2D eigenvalue weighted by Crippen LogP contribution is 2.49. The third kappa shape index (κ3) is 12.0. The van der Waals surface area contributed by atoms with Crippen LogP contribution in [0.15, 0.2) is 25.3 Å². The number of rotatable bonds is 15. The van der Waals surface area contributed by atoms with Crippen LogP contribution in [0.3, 0.4) is 0 Å². The van der Waals surface area contributed by atoms with Crippen molar-refractivity contribution in [3.8, 4) is 0 Å². The molecule has 0 aromatic carbocycles. The molecular weight excluding hydrogens is 335 g/mol. The van der Waals surface area contributed by atoms with Crippen molar-refractivity contribution in [1.29, 1.82) is 0 Å². The third-order valence-corrected chi connectivity index (χ3v) is 4.88. The SMILES string of the molecule is C=CC(=O)OCOP(=O)(CCCCCCCC)OCOC(=O)C=C. The Hall–Kier alpha value is -1.43. The minimum atomic E-state index is -3.53. The Kier molecular flexibility index (Phi) is 13.1. The lowest BCUT2D eigenvalue weighted by Gasteiger charge is -2.18. The molecule has 138 valence electrons. The first-order valence-electron chi connectivity index (χ1n) is 7.94. The van der Waals surface area contributed by atoms with Crippen molar-refractivity contribution in [2.45, 2.75) is 45.4 Å². The first-order valence-corrected chi connectivity index (χ1v) is 9.66. The summed E-state index contributed by atoms with van der Waals surface area (Å²) >= 11 is 0. The molecule has 0 spiro atoms. The molecule has 0 rings (SSSR count). The van der Waals surface area contributed by atoms with Gasteiger partial charge in [-0.15, -0.1) is 0 Å². The van der Waals surface area contributed by atoms with E-state index < -0.39 is 33.1 Å². The fourth-order valence-electron chi connectivity index (χ4n) is 1.70. The summed E-state index contributed by atoms with van der Waals surface area (Å²) in [5.41, 5.74) is 0. The molecule has 0 aromatic rings. The molecule has 0 aromatic heterocycles. The summed E-state index contributed by atoms with van der Waals surface area (Å²) in [7, 11) is -3.53. The maximum absolute atomic E-state index is 12.6. The molecule has 0 bridgehead atoms. The van der Waals surface area contributed by atoms with Crippen LogP contribution in [0.1, 0.15) is 45.4 Å². The van der Waals surface area contributed by atoms with Gasteiger partial charge in [-0.05, 0) is 6.42 Å². The quantitative estimate of drug-likeness (QED) is 0.143. The van der Waals surface area contributed by atoms with Crippen molar-refractivity contribution in [2.24, 2.45) is 0 Å². The number of carbonyl (C=O) groups is 2. The van der Waals surface area contributed by atoms with Crippen LogP contribution in [0.5, 0.6) is 0 Å². The van der Waals surface area contributed by atoms with Crippen LogP contribution < -0.4 is 0 Å². The van der Waals surface area contributed by atoms with E-state index >= 15 is 0 Å². The Balaban J connectivity index is 4.31. The van der Waals surface area contributed by atoms with Crippen LogP contribution in [0, 0.1) is 0 Å². The van der Waals surface area contributed by atoms with E-state index in [9.17, 15) is 14.2 Å². The molecule has 8 heteroatoms. The molecule has 0 aliphatic rings. The average molecular weight is 362 g/mol. The monoisotopic (exact) mass is 362 g/mol. The average Bonchev–Trinajstić information content (AvgIpc) is 2.57. The Morgan fingerprint density at radius 1 is 0.875 bits per heavy atom. The second-order valence-electron chi connectivity index (χ2n) is 4.93. The Labute approximate surface area is 143 Å². The summed E-state index contributed by atoms with van der Waals surface area (Å²) in [6, 6.07) is 0. The van der Waals surface area contributed by atoms with Gasteiger partial charge in [0.05, 0.1) is 6.16 Å². The van der Waals surface area contributed by atoms with Gasteiger partial charge < -0.3 is 9.47 Å². The predicted molar refractivity (Wildman–Crippen MR) is 90.3 cm³/mol. The van der Waals surface area contributed by atoms with Gasteiger partial charge in [-0.25, -0.2) is 9.59 Å². The van der Waals surface area contributed by atoms with Crippen molar-refractivity contribution in [2.75, 3.05) is 19.7 Å². The van der Waals surface area contributed by atoms with Crippen molar-refractivity contribution in [3.05, 3.63) is 25.3 Å². The van der Waals surface area contributed by atoms with Crippen molar-refractivity contribution < 1.29 is 32.7 Å². The van der Waals surface area contributed by atoms with Crippen LogP contribution in [0.25, 0.3) is 0 Å². The Morgan fingerprint density at radius 2 is 1.33 bits per heavy atom. The largest absolute Gasteiger partial charge is 0.435 e. The molecular formula is C16H27O7P. The number of unbranched alkanes of at least 4 members (excludes halogenated alkanes) is 5. The minimum absolute atomic E-state index is 0.149. The number of carbonyl (C=O) groups excluding carboxylic acids is 2. The van der Waals surface area contributed by atoms with E-state index in [1.165, 1.54) is 6.42 Å². The van der Waals surface area contributed by atoms with Crippen molar-refractivity contribution >= 4 is 19.5 Å².